The third-order valence-electron chi connectivity index (χ3n) is 3.72. The number of allylic oxidation sites excluding steroid dienone is 1. The normalized spacial score (nSPS) is 37.4. The number of aliphatic hydroxyl groups is 2. The summed E-state index contributed by atoms with van der Waals surface area (Å²) in [4.78, 5) is 23.0. The van der Waals surface area contributed by atoms with Crippen molar-refractivity contribution in [2.24, 2.45) is 5.92 Å². The molecule has 2 aliphatic rings. The molecule has 0 bridgehead atoms. The van der Waals surface area contributed by atoms with Crippen LogP contribution >= 0.6 is 0 Å². The van der Waals surface area contributed by atoms with Crippen LogP contribution in [0.25, 0.3) is 0 Å². The standard InChI is InChI=1S/C14H20O6/c1-6-9(16)5-8(10(17)11(6)19-7(2)15)12-13(20-12)14(3,4)18/h5-6,10-13,17-18H,1-4H3/t6-,10+,11+,12+,13-/m0/s1. The number of carbonyl (C=O) groups excluding carboxylic acids is 2. The van der Waals surface area contributed by atoms with Gasteiger partial charge in [-0.2, -0.15) is 0 Å². The zero-order chi connectivity index (χ0) is 15.2. The molecular formula is C14H20O6. The molecule has 0 unspecified atom stereocenters. The first-order chi connectivity index (χ1) is 9.12. The van der Waals surface area contributed by atoms with Crippen LogP contribution in [-0.2, 0) is 19.1 Å². The van der Waals surface area contributed by atoms with Crippen LogP contribution in [0.2, 0.25) is 0 Å². The summed E-state index contributed by atoms with van der Waals surface area (Å²) in [6.45, 7) is 6.03. The highest BCUT2D eigenvalue weighted by Gasteiger charge is 2.55. The minimum atomic E-state index is -1.09. The van der Waals surface area contributed by atoms with Crippen LogP contribution in [0.3, 0.4) is 0 Å². The zero-order valence-electron chi connectivity index (χ0n) is 12.0. The third kappa shape index (κ3) is 2.77. The molecule has 0 saturated carbocycles. The van der Waals surface area contributed by atoms with Crippen molar-refractivity contribution in [2.45, 2.75) is 57.7 Å². The van der Waals surface area contributed by atoms with Crippen LogP contribution in [0.4, 0.5) is 0 Å². The van der Waals surface area contributed by atoms with Gasteiger partial charge in [0.1, 0.15) is 24.4 Å². The van der Waals surface area contributed by atoms with Crippen molar-refractivity contribution in [1.82, 2.24) is 0 Å². The number of epoxide rings is 1. The number of carbonyl (C=O) groups is 2. The molecule has 0 aromatic rings. The van der Waals surface area contributed by atoms with Crippen molar-refractivity contribution >= 4 is 11.8 Å². The van der Waals surface area contributed by atoms with E-state index in [2.05, 4.69) is 0 Å². The lowest BCUT2D eigenvalue weighted by Gasteiger charge is -2.31. The molecule has 2 N–H and O–H groups in total. The van der Waals surface area contributed by atoms with Crippen molar-refractivity contribution in [2.75, 3.05) is 0 Å². The molecule has 1 saturated heterocycles. The predicted molar refractivity (Wildman–Crippen MR) is 68.8 cm³/mol. The van der Waals surface area contributed by atoms with E-state index in [-0.39, 0.29) is 5.78 Å². The Hall–Kier alpha value is -1.24. The van der Waals surface area contributed by atoms with Crippen LogP contribution in [0.1, 0.15) is 27.7 Å². The molecule has 2 rings (SSSR count). The van der Waals surface area contributed by atoms with Gasteiger partial charge in [0.15, 0.2) is 5.78 Å². The lowest BCUT2D eigenvalue weighted by molar-refractivity contribution is -0.157. The van der Waals surface area contributed by atoms with E-state index >= 15 is 0 Å². The molecule has 0 amide bonds. The molecule has 0 radical (unpaired) electrons. The van der Waals surface area contributed by atoms with E-state index in [4.69, 9.17) is 9.47 Å². The van der Waals surface area contributed by atoms with Crippen molar-refractivity contribution in [3.63, 3.8) is 0 Å². The van der Waals surface area contributed by atoms with Gasteiger partial charge in [-0.25, -0.2) is 0 Å². The Bertz CT molecular complexity index is 461. The number of hydrogen-bond donors (Lipinski definition) is 2. The van der Waals surface area contributed by atoms with E-state index in [9.17, 15) is 19.8 Å². The Balaban J connectivity index is 2.20. The lowest BCUT2D eigenvalue weighted by Crippen LogP contribution is -2.45. The van der Waals surface area contributed by atoms with Crippen molar-refractivity contribution in [3.05, 3.63) is 11.6 Å². The Kier molecular flexibility index (Phi) is 3.75. The average molecular weight is 284 g/mol. The van der Waals surface area contributed by atoms with Gasteiger partial charge in [-0.1, -0.05) is 6.92 Å². The molecule has 6 heteroatoms. The van der Waals surface area contributed by atoms with Gasteiger partial charge in [-0.05, 0) is 25.5 Å². The van der Waals surface area contributed by atoms with Gasteiger partial charge >= 0.3 is 5.97 Å². The number of ketones is 1. The SMILES string of the molecule is CC(=O)O[C@H]1[C@H](O)C([C@H]2O[C@@H]2C(C)(C)O)=CC(=O)[C@@H]1C. The summed E-state index contributed by atoms with van der Waals surface area (Å²) in [7, 11) is 0. The highest BCUT2D eigenvalue weighted by atomic mass is 16.6. The van der Waals surface area contributed by atoms with Gasteiger partial charge in [0, 0.05) is 6.92 Å². The average Bonchev–Trinajstić information content (AvgIpc) is 3.08. The lowest BCUT2D eigenvalue weighted by atomic mass is 9.82. The zero-order valence-corrected chi connectivity index (χ0v) is 12.0. The topological polar surface area (TPSA) is 96.4 Å². The first-order valence-electron chi connectivity index (χ1n) is 6.61. The van der Waals surface area contributed by atoms with E-state index in [0.29, 0.717) is 5.57 Å². The maximum atomic E-state index is 11.9. The van der Waals surface area contributed by atoms with E-state index in [0.717, 1.165) is 0 Å². The maximum Gasteiger partial charge on any atom is 0.303 e. The van der Waals surface area contributed by atoms with Crippen LogP contribution in [0.15, 0.2) is 11.6 Å². The summed E-state index contributed by atoms with van der Waals surface area (Å²) < 4.78 is 10.4. The Morgan fingerprint density at radius 2 is 2.05 bits per heavy atom. The number of hydrogen-bond acceptors (Lipinski definition) is 6. The molecule has 1 heterocycles. The molecular weight excluding hydrogens is 264 g/mol. The van der Waals surface area contributed by atoms with Gasteiger partial charge < -0.3 is 19.7 Å². The molecule has 1 aliphatic carbocycles. The molecule has 5 atom stereocenters. The molecule has 0 aromatic carbocycles. The van der Waals surface area contributed by atoms with Crippen LogP contribution in [0, 0.1) is 5.92 Å². The van der Waals surface area contributed by atoms with E-state index < -0.39 is 41.9 Å². The highest BCUT2D eigenvalue weighted by molar-refractivity contribution is 5.94. The van der Waals surface area contributed by atoms with Crippen LogP contribution < -0.4 is 0 Å². The van der Waals surface area contributed by atoms with Gasteiger partial charge in [0.05, 0.1) is 11.5 Å². The smallest absolute Gasteiger partial charge is 0.303 e. The summed E-state index contributed by atoms with van der Waals surface area (Å²) in [5.74, 6) is -1.37. The van der Waals surface area contributed by atoms with Gasteiger partial charge in [-0.15, -0.1) is 0 Å². The molecule has 112 valence electrons. The summed E-state index contributed by atoms with van der Waals surface area (Å²) in [6, 6.07) is 0. The number of rotatable bonds is 3. The predicted octanol–water partition coefficient (Wildman–Crippen LogP) is -0.0375. The Morgan fingerprint density at radius 1 is 1.45 bits per heavy atom. The molecule has 1 fully saturated rings. The van der Waals surface area contributed by atoms with Gasteiger partial charge in [0.2, 0.25) is 0 Å². The fourth-order valence-electron chi connectivity index (χ4n) is 2.52. The van der Waals surface area contributed by atoms with Crippen LogP contribution in [0.5, 0.6) is 0 Å². The Labute approximate surface area is 117 Å². The second-order valence-corrected chi connectivity index (χ2v) is 5.99. The minimum absolute atomic E-state index is 0.221. The van der Waals surface area contributed by atoms with Crippen molar-refractivity contribution in [3.8, 4) is 0 Å². The monoisotopic (exact) mass is 284 g/mol. The summed E-state index contributed by atoms with van der Waals surface area (Å²) in [5, 5.41) is 20.2. The maximum absolute atomic E-state index is 11.9. The quantitative estimate of drug-likeness (QED) is 0.558. The highest BCUT2D eigenvalue weighted by Crippen LogP contribution is 2.41. The summed E-state index contributed by atoms with van der Waals surface area (Å²) in [6.07, 6.45) is -1.65. The van der Waals surface area contributed by atoms with Crippen LogP contribution in [-0.4, -0.2) is 52.0 Å². The van der Waals surface area contributed by atoms with Crippen molar-refractivity contribution in [1.29, 1.82) is 0 Å². The second kappa shape index (κ2) is 4.95. The molecule has 0 spiro atoms. The third-order valence-corrected chi connectivity index (χ3v) is 3.72. The summed E-state index contributed by atoms with van der Waals surface area (Å²) in [5.41, 5.74) is -0.694. The van der Waals surface area contributed by atoms with E-state index in [1.165, 1.54) is 13.0 Å². The van der Waals surface area contributed by atoms with E-state index in [1.807, 2.05) is 0 Å². The second-order valence-electron chi connectivity index (χ2n) is 5.99. The van der Waals surface area contributed by atoms with Gasteiger partial charge in [0.25, 0.3) is 0 Å². The van der Waals surface area contributed by atoms with Crippen molar-refractivity contribution < 1.29 is 29.3 Å². The largest absolute Gasteiger partial charge is 0.459 e. The molecule has 20 heavy (non-hydrogen) atoms. The number of ether oxygens (including phenoxy) is 2. The fraction of sp³-hybridized carbons (Fsp3) is 0.714. The summed E-state index contributed by atoms with van der Waals surface area (Å²) >= 11 is 0. The number of aliphatic hydroxyl groups excluding tert-OH is 1. The fourth-order valence-corrected chi connectivity index (χ4v) is 2.52. The molecule has 1 aliphatic heterocycles. The van der Waals surface area contributed by atoms with E-state index in [1.54, 1.807) is 20.8 Å². The molecule has 6 nitrogen and oxygen atoms in total. The minimum Gasteiger partial charge on any atom is -0.459 e. The Morgan fingerprint density at radius 3 is 2.50 bits per heavy atom. The van der Waals surface area contributed by atoms with Gasteiger partial charge in [-0.3, -0.25) is 9.59 Å². The molecule has 0 aromatic heterocycles. The first kappa shape index (κ1) is 15.2. The first-order valence-corrected chi connectivity index (χ1v) is 6.61. The number of esters is 1.